The van der Waals surface area contributed by atoms with Crippen LogP contribution in [0.1, 0.15) is 36.2 Å². The van der Waals surface area contributed by atoms with Crippen molar-refractivity contribution in [2.24, 2.45) is 0 Å². The van der Waals surface area contributed by atoms with Crippen molar-refractivity contribution in [1.82, 2.24) is 9.88 Å². The summed E-state index contributed by atoms with van der Waals surface area (Å²) in [5.74, 6) is 1.16. The van der Waals surface area contributed by atoms with Gasteiger partial charge in [-0.15, -0.1) is 0 Å². The number of hydrogen-bond donors (Lipinski definition) is 0. The Morgan fingerprint density at radius 1 is 1.21 bits per heavy atom. The van der Waals surface area contributed by atoms with Gasteiger partial charge in [0.1, 0.15) is 5.69 Å². The Balaban J connectivity index is 1.53. The van der Waals surface area contributed by atoms with E-state index in [4.69, 9.17) is 4.74 Å². The predicted octanol–water partition coefficient (Wildman–Crippen LogP) is 2.42. The summed E-state index contributed by atoms with van der Waals surface area (Å²) in [6.45, 7) is 4.11. The van der Waals surface area contributed by atoms with E-state index in [1.54, 1.807) is 6.20 Å². The van der Waals surface area contributed by atoms with Crippen molar-refractivity contribution in [2.75, 3.05) is 43.5 Å². The lowest BCUT2D eigenvalue weighted by atomic mass is 9.93. The molecule has 5 nitrogen and oxygen atoms in total. The smallest absolute Gasteiger partial charge is 0.272 e. The molecule has 0 N–H and O–H groups in total. The van der Waals surface area contributed by atoms with Gasteiger partial charge in [0.15, 0.2) is 0 Å². The first-order valence-electron chi connectivity index (χ1n) is 9.04. The first-order chi connectivity index (χ1) is 11.8. The summed E-state index contributed by atoms with van der Waals surface area (Å²) in [7, 11) is 0. The minimum Gasteiger partial charge on any atom is -0.378 e. The van der Waals surface area contributed by atoms with E-state index in [2.05, 4.69) is 26.5 Å². The van der Waals surface area contributed by atoms with Crippen LogP contribution < -0.4 is 4.90 Å². The maximum atomic E-state index is 13.1. The molecule has 1 aliphatic carbocycles. The third kappa shape index (κ3) is 3.26. The SMILES string of the molecule is O=C(c1cc(N2CCOCC2)ccn1)N1CCS[C@H]2CCCC[C@@H]21. The van der Waals surface area contributed by atoms with Gasteiger partial charge in [-0.2, -0.15) is 11.8 Å². The number of rotatable bonds is 2. The molecule has 3 heterocycles. The summed E-state index contributed by atoms with van der Waals surface area (Å²) in [6.07, 6.45) is 6.72. The van der Waals surface area contributed by atoms with E-state index in [1.165, 1.54) is 19.3 Å². The number of nitrogens with zero attached hydrogens (tertiary/aromatic N) is 3. The monoisotopic (exact) mass is 347 g/mol. The summed E-state index contributed by atoms with van der Waals surface area (Å²) in [4.78, 5) is 21.9. The second-order valence-corrected chi connectivity index (χ2v) is 8.11. The number of anilines is 1. The molecule has 0 spiro atoms. The van der Waals surface area contributed by atoms with Crippen molar-refractivity contribution < 1.29 is 9.53 Å². The number of aromatic nitrogens is 1. The molecule has 24 heavy (non-hydrogen) atoms. The fourth-order valence-corrected chi connectivity index (χ4v) is 5.49. The van der Waals surface area contributed by atoms with Crippen molar-refractivity contribution in [1.29, 1.82) is 0 Å². The molecule has 0 bridgehead atoms. The molecule has 1 aromatic heterocycles. The minimum absolute atomic E-state index is 0.113. The minimum atomic E-state index is 0.113. The Morgan fingerprint density at radius 2 is 2.04 bits per heavy atom. The van der Waals surface area contributed by atoms with E-state index < -0.39 is 0 Å². The largest absolute Gasteiger partial charge is 0.378 e. The van der Waals surface area contributed by atoms with Crippen LogP contribution in [0.3, 0.4) is 0 Å². The molecule has 1 aromatic rings. The Bertz CT molecular complexity index is 589. The van der Waals surface area contributed by atoms with E-state index in [0.29, 0.717) is 17.0 Å². The highest BCUT2D eigenvalue weighted by Gasteiger charge is 2.37. The molecule has 2 aliphatic heterocycles. The van der Waals surface area contributed by atoms with Gasteiger partial charge in [-0.25, -0.2) is 0 Å². The van der Waals surface area contributed by atoms with E-state index in [0.717, 1.165) is 50.7 Å². The summed E-state index contributed by atoms with van der Waals surface area (Å²) in [5, 5.41) is 0.624. The Hall–Kier alpha value is -1.27. The zero-order chi connectivity index (χ0) is 16.4. The number of morpholine rings is 1. The Labute approximate surface area is 147 Å². The van der Waals surface area contributed by atoms with Crippen LogP contribution in [0.15, 0.2) is 18.3 Å². The topological polar surface area (TPSA) is 45.7 Å². The van der Waals surface area contributed by atoms with Gasteiger partial charge < -0.3 is 14.5 Å². The average Bonchev–Trinajstić information content (AvgIpc) is 2.68. The number of amides is 1. The molecule has 0 unspecified atom stereocenters. The molecule has 2 saturated heterocycles. The molecule has 6 heteroatoms. The van der Waals surface area contributed by atoms with Crippen LogP contribution in [-0.4, -0.2) is 65.7 Å². The van der Waals surface area contributed by atoms with Crippen molar-refractivity contribution in [3.05, 3.63) is 24.0 Å². The maximum Gasteiger partial charge on any atom is 0.272 e. The molecule has 1 saturated carbocycles. The molecule has 130 valence electrons. The standard InChI is InChI=1S/C18H25N3O2S/c22-18(21-9-12-24-17-4-2-1-3-16(17)21)15-13-14(5-6-19-15)20-7-10-23-11-8-20/h5-6,13,16-17H,1-4,7-12H2/t16-,17-/m0/s1. The van der Waals surface area contributed by atoms with E-state index >= 15 is 0 Å². The highest BCUT2D eigenvalue weighted by Crippen LogP contribution is 2.36. The van der Waals surface area contributed by atoms with E-state index in [1.807, 2.05) is 12.1 Å². The van der Waals surface area contributed by atoms with Crippen LogP contribution in [0.5, 0.6) is 0 Å². The van der Waals surface area contributed by atoms with Crippen molar-refractivity contribution >= 4 is 23.4 Å². The van der Waals surface area contributed by atoms with Gasteiger partial charge in [-0.3, -0.25) is 9.78 Å². The lowest BCUT2D eigenvalue weighted by Crippen LogP contribution is -2.51. The molecule has 3 fully saturated rings. The number of fused-ring (bicyclic) bond motifs is 1. The van der Waals surface area contributed by atoms with Gasteiger partial charge in [0.05, 0.1) is 13.2 Å². The molecule has 4 rings (SSSR count). The number of carbonyl (C=O) groups is 1. The van der Waals surface area contributed by atoms with E-state index in [-0.39, 0.29) is 5.91 Å². The fraction of sp³-hybridized carbons (Fsp3) is 0.667. The normalized spacial score (nSPS) is 27.7. The zero-order valence-corrected chi connectivity index (χ0v) is 14.8. The van der Waals surface area contributed by atoms with Gasteiger partial charge in [0, 0.05) is 48.6 Å². The van der Waals surface area contributed by atoms with Crippen LogP contribution in [0.25, 0.3) is 0 Å². The Kier molecular flexibility index (Phi) is 4.94. The third-order valence-electron chi connectivity index (χ3n) is 5.33. The molecule has 3 aliphatic rings. The second kappa shape index (κ2) is 7.31. The highest BCUT2D eigenvalue weighted by molar-refractivity contribution is 8.00. The summed E-state index contributed by atoms with van der Waals surface area (Å²) < 4.78 is 5.42. The van der Waals surface area contributed by atoms with Gasteiger partial charge >= 0.3 is 0 Å². The lowest BCUT2D eigenvalue weighted by Gasteiger charge is -2.43. The average molecular weight is 347 g/mol. The fourth-order valence-electron chi connectivity index (χ4n) is 4.05. The van der Waals surface area contributed by atoms with Crippen LogP contribution in [-0.2, 0) is 4.74 Å². The summed E-state index contributed by atoms with van der Waals surface area (Å²) in [6, 6.07) is 4.36. The third-order valence-corrected chi connectivity index (χ3v) is 6.73. The van der Waals surface area contributed by atoms with Crippen LogP contribution >= 0.6 is 11.8 Å². The lowest BCUT2D eigenvalue weighted by molar-refractivity contribution is 0.0640. The summed E-state index contributed by atoms with van der Waals surface area (Å²) in [5.41, 5.74) is 1.68. The van der Waals surface area contributed by atoms with Gasteiger partial charge in [0.2, 0.25) is 0 Å². The molecular weight excluding hydrogens is 322 g/mol. The molecule has 2 atom stereocenters. The van der Waals surface area contributed by atoms with Gasteiger partial charge in [-0.1, -0.05) is 12.8 Å². The zero-order valence-electron chi connectivity index (χ0n) is 14.0. The van der Waals surface area contributed by atoms with Crippen molar-refractivity contribution in [3.63, 3.8) is 0 Å². The second-order valence-electron chi connectivity index (χ2n) is 6.76. The first kappa shape index (κ1) is 16.2. The number of hydrogen-bond acceptors (Lipinski definition) is 5. The molecule has 1 amide bonds. The highest BCUT2D eigenvalue weighted by atomic mass is 32.2. The Morgan fingerprint density at radius 3 is 2.92 bits per heavy atom. The number of pyridine rings is 1. The van der Waals surface area contributed by atoms with Gasteiger partial charge in [0.25, 0.3) is 5.91 Å². The quantitative estimate of drug-likeness (QED) is 0.822. The predicted molar refractivity (Wildman–Crippen MR) is 96.8 cm³/mol. The van der Waals surface area contributed by atoms with Crippen LogP contribution in [0.4, 0.5) is 5.69 Å². The van der Waals surface area contributed by atoms with Crippen LogP contribution in [0.2, 0.25) is 0 Å². The van der Waals surface area contributed by atoms with Crippen LogP contribution in [0, 0.1) is 0 Å². The summed E-state index contributed by atoms with van der Waals surface area (Å²) >= 11 is 2.05. The number of carbonyl (C=O) groups excluding carboxylic acids is 1. The maximum absolute atomic E-state index is 13.1. The molecule has 0 radical (unpaired) electrons. The molecule has 0 aromatic carbocycles. The number of thioether (sulfide) groups is 1. The van der Waals surface area contributed by atoms with E-state index in [9.17, 15) is 4.79 Å². The molecular formula is C18H25N3O2S. The van der Waals surface area contributed by atoms with Gasteiger partial charge in [-0.05, 0) is 25.0 Å². The number of ether oxygens (including phenoxy) is 1. The van der Waals surface area contributed by atoms with Crippen molar-refractivity contribution in [2.45, 2.75) is 37.0 Å². The first-order valence-corrected chi connectivity index (χ1v) is 10.1. The van der Waals surface area contributed by atoms with Crippen molar-refractivity contribution in [3.8, 4) is 0 Å².